The molecule has 6 rings (SSSR count). The van der Waals surface area contributed by atoms with Crippen molar-refractivity contribution >= 4 is 22.4 Å². The zero-order valence-corrected chi connectivity index (χ0v) is 16.6. The number of imidazole rings is 3. The summed E-state index contributed by atoms with van der Waals surface area (Å²) in [4.78, 5) is 25.4. The lowest BCUT2D eigenvalue weighted by molar-refractivity contribution is 1.31. The summed E-state index contributed by atoms with van der Waals surface area (Å²) in [6, 6.07) is 18.8. The molecule has 0 aliphatic carbocycles. The average Bonchev–Trinajstić information content (AvgIpc) is 3.58. The molecule has 0 spiro atoms. The highest BCUT2D eigenvalue weighted by Crippen LogP contribution is 2.35. The van der Waals surface area contributed by atoms with Gasteiger partial charge in [0.15, 0.2) is 0 Å². The Morgan fingerprint density at radius 2 is 1.30 bits per heavy atom. The van der Waals surface area contributed by atoms with Gasteiger partial charge in [-0.25, -0.2) is 15.0 Å². The standard InChI is InChI=1S/C23H16N6S/c1-3-15(21-24-9-10-25-21)4-2-14(1)19-7-8-20(30-19)23-28-17-6-5-16(13-18(17)29-23)22-26-11-12-27-22/h1-13H,(H,24,25)(H,26,27)(H,28,29). The fourth-order valence-electron chi connectivity index (χ4n) is 3.53. The van der Waals surface area contributed by atoms with Gasteiger partial charge in [-0.05, 0) is 35.9 Å². The maximum Gasteiger partial charge on any atom is 0.148 e. The minimum absolute atomic E-state index is 0.851. The minimum atomic E-state index is 0.851. The molecule has 6 nitrogen and oxygen atoms in total. The summed E-state index contributed by atoms with van der Waals surface area (Å²) in [5.74, 6) is 2.61. The number of aromatic nitrogens is 6. The van der Waals surface area contributed by atoms with Crippen LogP contribution < -0.4 is 0 Å². The fourth-order valence-corrected chi connectivity index (χ4v) is 4.49. The van der Waals surface area contributed by atoms with Crippen molar-refractivity contribution in [2.45, 2.75) is 0 Å². The van der Waals surface area contributed by atoms with Crippen LogP contribution in [0.1, 0.15) is 0 Å². The monoisotopic (exact) mass is 408 g/mol. The van der Waals surface area contributed by atoms with Gasteiger partial charge in [-0.1, -0.05) is 24.3 Å². The van der Waals surface area contributed by atoms with Crippen LogP contribution in [0.15, 0.2) is 79.4 Å². The van der Waals surface area contributed by atoms with Crippen molar-refractivity contribution in [2.24, 2.45) is 0 Å². The number of thiophene rings is 1. The van der Waals surface area contributed by atoms with E-state index in [1.165, 1.54) is 10.4 Å². The van der Waals surface area contributed by atoms with Crippen molar-refractivity contribution < 1.29 is 0 Å². The van der Waals surface area contributed by atoms with E-state index in [0.29, 0.717) is 0 Å². The smallest absolute Gasteiger partial charge is 0.148 e. The first-order chi connectivity index (χ1) is 14.8. The molecule has 0 amide bonds. The molecule has 4 aromatic heterocycles. The van der Waals surface area contributed by atoms with Gasteiger partial charge in [0.05, 0.1) is 15.9 Å². The number of hydrogen-bond donors (Lipinski definition) is 3. The number of hydrogen-bond acceptors (Lipinski definition) is 4. The first-order valence-corrected chi connectivity index (χ1v) is 10.3. The highest BCUT2D eigenvalue weighted by atomic mass is 32.1. The Hall–Kier alpha value is -3.97. The second-order valence-corrected chi connectivity index (χ2v) is 8.02. The molecule has 6 aromatic rings. The lowest BCUT2D eigenvalue weighted by Crippen LogP contribution is -1.80. The third kappa shape index (κ3) is 2.92. The zero-order valence-electron chi connectivity index (χ0n) is 15.8. The Bertz CT molecular complexity index is 1420. The predicted molar refractivity (Wildman–Crippen MR) is 120 cm³/mol. The third-order valence-corrected chi connectivity index (χ3v) is 6.18. The predicted octanol–water partition coefficient (Wildman–Crippen LogP) is 5.74. The first-order valence-electron chi connectivity index (χ1n) is 9.53. The summed E-state index contributed by atoms with van der Waals surface area (Å²) in [6.07, 6.45) is 7.18. The topological polar surface area (TPSA) is 86.0 Å². The van der Waals surface area contributed by atoms with Crippen LogP contribution in [0.3, 0.4) is 0 Å². The van der Waals surface area contributed by atoms with E-state index in [1.54, 1.807) is 23.7 Å². The molecule has 0 aliphatic rings. The van der Waals surface area contributed by atoms with Crippen LogP contribution in [-0.4, -0.2) is 29.9 Å². The van der Waals surface area contributed by atoms with E-state index in [4.69, 9.17) is 4.98 Å². The van der Waals surface area contributed by atoms with E-state index in [2.05, 4.69) is 67.4 Å². The van der Waals surface area contributed by atoms with Gasteiger partial charge in [0.1, 0.15) is 17.5 Å². The van der Waals surface area contributed by atoms with Gasteiger partial charge in [0.25, 0.3) is 0 Å². The molecule has 0 aliphatic heterocycles. The van der Waals surface area contributed by atoms with Crippen molar-refractivity contribution in [2.75, 3.05) is 0 Å². The van der Waals surface area contributed by atoms with Crippen LogP contribution in [0.5, 0.6) is 0 Å². The van der Waals surface area contributed by atoms with Crippen LogP contribution in [-0.2, 0) is 0 Å². The third-order valence-electron chi connectivity index (χ3n) is 5.03. The van der Waals surface area contributed by atoms with E-state index in [1.807, 2.05) is 24.5 Å². The molecule has 0 saturated carbocycles. The molecule has 3 N–H and O–H groups in total. The normalized spacial score (nSPS) is 11.3. The molecule has 7 heteroatoms. The number of nitrogens with zero attached hydrogens (tertiary/aromatic N) is 3. The number of rotatable bonds is 4. The van der Waals surface area contributed by atoms with Crippen LogP contribution in [0.4, 0.5) is 0 Å². The molecule has 30 heavy (non-hydrogen) atoms. The largest absolute Gasteiger partial charge is 0.345 e. The van der Waals surface area contributed by atoms with E-state index >= 15 is 0 Å². The van der Waals surface area contributed by atoms with Crippen molar-refractivity contribution in [3.63, 3.8) is 0 Å². The molecule has 0 saturated heterocycles. The fraction of sp³-hybridized carbons (Fsp3) is 0. The molecule has 4 heterocycles. The number of aromatic amines is 3. The highest BCUT2D eigenvalue weighted by Gasteiger charge is 2.11. The Balaban J connectivity index is 1.31. The maximum absolute atomic E-state index is 4.77. The van der Waals surface area contributed by atoms with Gasteiger partial charge < -0.3 is 15.0 Å². The lowest BCUT2D eigenvalue weighted by atomic mass is 10.1. The minimum Gasteiger partial charge on any atom is -0.345 e. The Labute approximate surface area is 175 Å². The average molecular weight is 408 g/mol. The highest BCUT2D eigenvalue weighted by molar-refractivity contribution is 7.18. The van der Waals surface area contributed by atoms with Crippen LogP contribution in [0.25, 0.3) is 55.0 Å². The summed E-state index contributed by atoms with van der Waals surface area (Å²) in [7, 11) is 0. The number of H-pyrrole nitrogens is 3. The van der Waals surface area contributed by atoms with Crippen LogP contribution >= 0.6 is 11.3 Å². The molecule has 0 radical (unpaired) electrons. The number of fused-ring (bicyclic) bond motifs is 1. The summed E-state index contributed by atoms with van der Waals surface area (Å²) in [5, 5.41) is 0. The Kier molecular flexibility index (Phi) is 3.85. The van der Waals surface area contributed by atoms with Crippen molar-refractivity contribution in [3.05, 3.63) is 79.4 Å². The van der Waals surface area contributed by atoms with E-state index < -0.39 is 0 Å². The van der Waals surface area contributed by atoms with Gasteiger partial charge in [-0.2, -0.15) is 0 Å². The van der Waals surface area contributed by atoms with Gasteiger partial charge in [-0.3, -0.25) is 0 Å². The number of benzene rings is 2. The van der Waals surface area contributed by atoms with E-state index in [-0.39, 0.29) is 0 Å². The molecular weight excluding hydrogens is 392 g/mol. The second kappa shape index (κ2) is 6.82. The van der Waals surface area contributed by atoms with Gasteiger partial charge in [-0.15, -0.1) is 11.3 Å². The molecule has 144 valence electrons. The molecular formula is C23H16N6S. The van der Waals surface area contributed by atoms with Crippen molar-refractivity contribution in [1.82, 2.24) is 29.9 Å². The van der Waals surface area contributed by atoms with E-state index in [9.17, 15) is 0 Å². The molecule has 0 fully saturated rings. The second-order valence-electron chi connectivity index (χ2n) is 6.93. The van der Waals surface area contributed by atoms with Crippen molar-refractivity contribution in [3.8, 4) is 43.9 Å². The van der Waals surface area contributed by atoms with Gasteiger partial charge in [0.2, 0.25) is 0 Å². The first kappa shape index (κ1) is 16.9. The van der Waals surface area contributed by atoms with E-state index in [0.717, 1.165) is 44.5 Å². The number of nitrogens with one attached hydrogen (secondary N) is 3. The SMILES string of the molecule is c1c[nH]c(-c2ccc(-c3ccc(-c4nc5ccc(-c6ncc[nH]6)cc5[nH]4)s3)cc2)n1. The lowest BCUT2D eigenvalue weighted by Gasteiger charge is -2.00. The van der Waals surface area contributed by atoms with Crippen molar-refractivity contribution in [1.29, 1.82) is 0 Å². The van der Waals surface area contributed by atoms with Crippen LogP contribution in [0.2, 0.25) is 0 Å². The summed E-state index contributed by atoms with van der Waals surface area (Å²) >= 11 is 1.72. The Morgan fingerprint density at radius 1 is 0.633 bits per heavy atom. The zero-order chi connectivity index (χ0) is 19.9. The Morgan fingerprint density at radius 3 is 2.03 bits per heavy atom. The summed E-state index contributed by atoms with van der Waals surface area (Å²) in [5.41, 5.74) is 5.23. The molecule has 0 atom stereocenters. The van der Waals surface area contributed by atoms with Crippen LogP contribution in [0, 0.1) is 0 Å². The molecule has 2 aromatic carbocycles. The maximum atomic E-state index is 4.77. The summed E-state index contributed by atoms with van der Waals surface area (Å²) in [6.45, 7) is 0. The van der Waals surface area contributed by atoms with Gasteiger partial charge in [0, 0.05) is 40.8 Å². The summed E-state index contributed by atoms with van der Waals surface area (Å²) < 4.78 is 0. The quantitative estimate of drug-likeness (QED) is 0.348. The molecule has 0 unspecified atom stereocenters. The van der Waals surface area contributed by atoms with Gasteiger partial charge >= 0.3 is 0 Å². The molecule has 0 bridgehead atoms.